The Morgan fingerprint density at radius 1 is 0.895 bits per heavy atom. The highest BCUT2D eigenvalue weighted by Crippen LogP contribution is 2.03. The molecule has 0 radical (unpaired) electrons. The van der Waals surface area contributed by atoms with E-state index in [0.717, 1.165) is 0 Å². The summed E-state index contributed by atoms with van der Waals surface area (Å²) >= 11 is 0. The summed E-state index contributed by atoms with van der Waals surface area (Å²) in [7, 11) is -2.92. The maximum atomic E-state index is 11.5. The lowest BCUT2D eigenvalue weighted by Gasteiger charge is -2.03. The van der Waals surface area contributed by atoms with E-state index < -0.39 is 16.1 Å². The maximum Gasteiger partial charge on any atom is 0.338 e. The van der Waals surface area contributed by atoms with E-state index in [2.05, 4.69) is 62.2 Å². The number of hydrogen-bond acceptors (Lipinski definition) is 2. The summed E-state index contributed by atoms with van der Waals surface area (Å²) in [6.07, 6.45) is 0. The highest BCUT2D eigenvalue weighted by molar-refractivity contribution is 6.84. The highest BCUT2D eigenvalue weighted by atomic mass is 28.3. The molecule has 0 amide bonds. The summed E-state index contributed by atoms with van der Waals surface area (Å²) in [5, 5.41) is 0. The van der Waals surface area contributed by atoms with Crippen LogP contribution in [-0.4, -0.2) is 16.1 Å². The van der Waals surface area contributed by atoms with Crippen LogP contribution in [-0.2, 0) is 0 Å². The van der Waals surface area contributed by atoms with Gasteiger partial charge in [-0.15, -0.1) is 11.1 Å². The summed E-state index contributed by atoms with van der Waals surface area (Å²) in [6.45, 7) is 12.9. The van der Waals surface area contributed by atoms with Crippen LogP contribution in [0, 0.1) is 22.9 Å². The Bertz CT molecular complexity index is 582. The minimum atomic E-state index is -1.48. The molecule has 0 atom stereocenters. The molecule has 0 aliphatic rings. The van der Waals surface area contributed by atoms with Crippen molar-refractivity contribution in [2.24, 2.45) is 0 Å². The molecule has 0 unspecified atom stereocenters. The normalized spacial score (nSPS) is 11.1. The van der Waals surface area contributed by atoms with Crippen molar-refractivity contribution < 1.29 is 4.42 Å². The standard InChI is InChI=1S/C15H20O2Si2/c1-18(2,3)9-7-13-11-14(17-15(16)12-13)8-10-19(4,5)6/h11-12H,1-6H3. The predicted octanol–water partition coefficient (Wildman–Crippen LogP) is 3.10. The summed E-state index contributed by atoms with van der Waals surface area (Å²) in [5.41, 5.74) is 6.72. The molecule has 19 heavy (non-hydrogen) atoms. The lowest BCUT2D eigenvalue weighted by atomic mass is 10.2. The van der Waals surface area contributed by atoms with Crippen molar-refractivity contribution >= 4 is 16.1 Å². The largest absolute Gasteiger partial charge is 0.414 e. The van der Waals surface area contributed by atoms with Gasteiger partial charge >= 0.3 is 5.63 Å². The van der Waals surface area contributed by atoms with Gasteiger partial charge in [0.1, 0.15) is 16.1 Å². The minimum Gasteiger partial charge on any atom is -0.414 e. The van der Waals surface area contributed by atoms with Gasteiger partial charge in [-0.05, 0) is 5.92 Å². The molecular weight excluding hydrogens is 268 g/mol. The number of hydrogen-bond donors (Lipinski definition) is 0. The summed E-state index contributed by atoms with van der Waals surface area (Å²) in [4.78, 5) is 11.5. The molecule has 0 spiro atoms. The molecule has 0 fully saturated rings. The Labute approximate surface area is 117 Å². The zero-order chi connectivity index (χ0) is 14.7. The Morgan fingerprint density at radius 2 is 1.42 bits per heavy atom. The van der Waals surface area contributed by atoms with Crippen molar-refractivity contribution in [2.45, 2.75) is 39.3 Å². The molecule has 1 aromatic rings. The molecule has 0 N–H and O–H groups in total. The predicted molar refractivity (Wildman–Crippen MR) is 85.4 cm³/mol. The second-order valence-electron chi connectivity index (χ2n) is 6.53. The first-order valence-corrected chi connectivity index (χ1v) is 13.3. The van der Waals surface area contributed by atoms with Gasteiger partial charge in [-0.3, -0.25) is 0 Å². The Hall–Kier alpha value is -1.50. The molecule has 100 valence electrons. The van der Waals surface area contributed by atoms with Crippen LogP contribution in [0.2, 0.25) is 39.3 Å². The fraction of sp³-hybridized carbons (Fsp3) is 0.400. The van der Waals surface area contributed by atoms with Crippen LogP contribution in [0.25, 0.3) is 0 Å². The van der Waals surface area contributed by atoms with Crippen molar-refractivity contribution in [1.82, 2.24) is 0 Å². The second-order valence-corrected chi connectivity index (χ2v) is 16.0. The molecule has 1 aromatic heterocycles. The molecule has 1 rings (SSSR count). The van der Waals surface area contributed by atoms with Crippen molar-refractivity contribution in [3.8, 4) is 22.9 Å². The molecular formula is C15H20O2Si2. The van der Waals surface area contributed by atoms with E-state index in [-0.39, 0.29) is 5.63 Å². The Morgan fingerprint density at radius 3 is 1.95 bits per heavy atom. The van der Waals surface area contributed by atoms with Gasteiger partial charge in [0, 0.05) is 17.7 Å². The average molecular weight is 288 g/mol. The maximum absolute atomic E-state index is 11.5. The van der Waals surface area contributed by atoms with E-state index in [9.17, 15) is 4.79 Å². The molecule has 0 saturated carbocycles. The quantitative estimate of drug-likeness (QED) is 0.542. The van der Waals surface area contributed by atoms with Crippen LogP contribution in [0.1, 0.15) is 11.3 Å². The van der Waals surface area contributed by atoms with Crippen molar-refractivity contribution in [2.75, 3.05) is 0 Å². The van der Waals surface area contributed by atoms with Crippen LogP contribution in [0.4, 0.5) is 0 Å². The first-order valence-electron chi connectivity index (χ1n) is 6.27. The van der Waals surface area contributed by atoms with Crippen molar-refractivity contribution in [1.29, 1.82) is 0 Å². The molecule has 0 bridgehead atoms. The van der Waals surface area contributed by atoms with Crippen LogP contribution in [0.5, 0.6) is 0 Å². The summed E-state index contributed by atoms with van der Waals surface area (Å²) in [6, 6.07) is 3.18. The van der Waals surface area contributed by atoms with E-state index in [1.165, 1.54) is 6.07 Å². The van der Waals surface area contributed by atoms with Crippen LogP contribution < -0.4 is 5.63 Å². The van der Waals surface area contributed by atoms with Gasteiger partial charge in [0.15, 0.2) is 5.76 Å². The monoisotopic (exact) mass is 288 g/mol. The lowest BCUT2D eigenvalue weighted by Crippen LogP contribution is -2.16. The fourth-order valence-corrected chi connectivity index (χ4v) is 2.14. The smallest absolute Gasteiger partial charge is 0.338 e. The summed E-state index contributed by atoms with van der Waals surface area (Å²) in [5.74, 6) is 6.42. The fourth-order valence-electron chi connectivity index (χ4n) is 1.12. The van der Waals surface area contributed by atoms with Crippen LogP contribution >= 0.6 is 0 Å². The lowest BCUT2D eigenvalue weighted by molar-refractivity contribution is 0.498. The van der Waals surface area contributed by atoms with Crippen LogP contribution in [0.3, 0.4) is 0 Å². The van der Waals surface area contributed by atoms with E-state index >= 15 is 0 Å². The van der Waals surface area contributed by atoms with Gasteiger partial charge in [-0.2, -0.15) is 0 Å². The van der Waals surface area contributed by atoms with Crippen LogP contribution in [0.15, 0.2) is 21.3 Å². The van der Waals surface area contributed by atoms with Crippen molar-refractivity contribution in [3.05, 3.63) is 33.9 Å². The third-order valence-corrected chi connectivity index (χ3v) is 3.66. The second kappa shape index (κ2) is 5.65. The third-order valence-electron chi connectivity index (χ3n) is 1.91. The molecule has 2 nitrogen and oxygen atoms in total. The number of rotatable bonds is 0. The van der Waals surface area contributed by atoms with Gasteiger partial charge in [0.25, 0.3) is 0 Å². The molecule has 1 heterocycles. The van der Waals surface area contributed by atoms with E-state index in [4.69, 9.17) is 4.42 Å². The average Bonchev–Trinajstić information content (AvgIpc) is 2.21. The Balaban J connectivity index is 3.17. The summed E-state index contributed by atoms with van der Waals surface area (Å²) < 4.78 is 5.08. The van der Waals surface area contributed by atoms with Gasteiger partial charge in [0.05, 0.1) is 0 Å². The van der Waals surface area contributed by atoms with Gasteiger partial charge in [0.2, 0.25) is 0 Å². The molecule has 0 aromatic carbocycles. The van der Waals surface area contributed by atoms with E-state index in [0.29, 0.717) is 11.3 Å². The SMILES string of the molecule is C[Si](C)(C)C#Cc1cc(C#C[Si](C)(C)C)oc(=O)c1. The Kier molecular flexibility index (Phi) is 4.63. The first-order chi connectivity index (χ1) is 8.55. The first kappa shape index (κ1) is 15.6. The molecule has 4 heteroatoms. The van der Waals surface area contributed by atoms with Gasteiger partial charge < -0.3 is 4.42 Å². The van der Waals surface area contributed by atoms with Gasteiger partial charge in [-0.25, -0.2) is 4.79 Å². The van der Waals surface area contributed by atoms with Gasteiger partial charge in [-0.1, -0.05) is 45.2 Å². The molecule has 0 saturated heterocycles. The van der Waals surface area contributed by atoms with Crippen molar-refractivity contribution in [3.63, 3.8) is 0 Å². The topological polar surface area (TPSA) is 30.2 Å². The molecule has 0 aliphatic carbocycles. The minimum absolute atomic E-state index is 0.387. The van der Waals surface area contributed by atoms with E-state index in [1.54, 1.807) is 6.07 Å². The zero-order valence-corrected chi connectivity index (χ0v) is 14.5. The van der Waals surface area contributed by atoms with E-state index in [1.807, 2.05) is 0 Å². The zero-order valence-electron chi connectivity index (χ0n) is 12.5. The third kappa shape index (κ3) is 6.86. The highest BCUT2D eigenvalue weighted by Gasteiger charge is 2.09. The molecule has 0 aliphatic heterocycles.